The van der Waals surface area contributed by atoms with Crippen LogP contribution in [0.4, 0.5) is 0 Å². The Hall–Kier alpha value is -3.04. The van der Waals surface area contributed by atoms with Gasteiger partial charge < -0.3 is 4.74 Å². The van der Waals surface area contributed by atoms with Gasteiger partial charge >= 0.3 is 0 Å². The first kappa shape index (κ1) is 21.2. The van der Waals surface area contributed by atoms with Gasteiger partial charge in [0.25, 0.3) is 11.8 Å². The highest BCUT2D eigenvalue weighted by Gasteiger charge is 2.35. The number of imide groups is 1. The number of Topliss-reactive ketones (excluding diaryl/α,β-unsaturated/α-hetero) is 1. The molecule has 2 amide bonds. The van der Waals surface area contributed by atoms with Gasteiger partial charge in [0.05, 0.1) is 17.0 Å². The van der Waals surface area contributed by atoms with Gasteiger partial charge in [0.15, 0.2) is 11.9 Å². The summed E-state index contributed by atoms with van der Waals surface area (Å²) in [6, 6.07) is 12.2. The molecule has 1 saturated heterocycles. The molecule has 8 nitrogen and oxygen atoms in total. The van der Waals surface area contributed by atoms with E-state index in [1.165, 1.54) is 41.6 Å². The van der Waals surface area contributed by atoms with Crippen LogP contribution in [0.1, 0.15) is 40.5 Å². The lowest BCUT2D eigenvalue weighted by Crippen LogP contribution is -2.44. The van der Waals surface area contributed by atoms with Crippen molar-refractivity contribution >= 4 is 27.6 Å². The van der Waals surface area contributed by atoms with Crippen molar-refractivity contribution in [1.82, 2.24) is 9.21 Å². The van der Waals surface area contributed by atoms with E-state index in [9.17, 15) is 22.8 Å². The Balaban J connectivity index is 1.61. The predicted octanol–water partition coefficient (Wildman–Crippen LogP) is 2.10. The van der Waals surface area contributed by atoms with Gasteiger partial charge in [0, 0.05) is 18.7 Å². The number of rotatable bonds is 5. The number of hydrogen-bond acceptors (Lipinski definition) is 6. The van der Waals surface area contributed by atoms with Crippen LogP contribution in [0.5, 0.6) is 5.75 Å². The summed E-state index contributed by atoms with van der Waals surface area (Å²) in [5, 5.41) is 0. The van der Waals surface area contributed by atoms with Crippen LogP contribution in [0.2, 0.25) is 0 Å². The zero-order chi connectivity index (χ0) is 22.2. The lowest BCUT2D eigenvalue weighted by atomic mass is 10.1. The highest BCUT2D eigenvalue weighted by atomic mass is 32.2. The lowest BCUT2D eigenvalue weighted by molar-refractivity contribution is -0.134. The number of ether oxygens (including phenoxy) is 1. The Morgan fingerprint density at radius 2 is 1.77 bits per heavy atom. The van der Waals surface area contributed by atoms with Crippen LogP contribution < -0.4 is 4.74 Å². The van der Waals surface area contributed by atoms with E-state index in [-0.39, 0.29) is 21.8 Å². The maximum atomic E-state index is 12.9. The van der Waals surface area contributed by atoms with E-state index in [0.717, 1.165) is 17.7 Å². The second kappa shape index (κ2) is 8.24. The first-order valence-electron chi connectivity index (χ1n) is 10.0. The van der Waals surface area contributed by atoms with Gasteiger partial charge in [-0.2, -0.15) is 4.31 Å². The van der Waals surface area contributed by atoms with Crippen LogP contribution in [0.25, 0.3) is 0 Å². The maximum absolute atomic E-state index is 12.9. The number of benzene rings is 2. The number of sulfonamides is 1. The van der Waals surface area contributed by atoms with Crippen LogP contribution in [0, 0.1) is 0 Å². The van der Waals surface area contributed by atoms with Crippen molar-refractivity contribution in [1.29, 1.82) is 0 Å². The summed E-state index contributed by atoms with van der Waals surface area (Å²) in [5.74, 6) is -1.51. The first-order chi connectivity index (χ1) is 14.8. The quantitative estimate of drug-likeness (QED) is 0.519. The summed E-state index contributed by atoms with van der Waals surface area (Å²) in [4.78, 5) is 39.5. The fraction of sp³-hybridized carbons (Fsp3) is 0.318. The minimum absolute atomic E-state index is 0.0239. The number of carbonyl (C=O) groups excluding carboxylic acids is 3. The molecule has 9 heteroatoms. The molecule has 1 unspecified atom stereocenters. The Morgan fingerprint density at radius 1 is 1.06 bits per heavy atom. The van der Waals surface area contributed by atoms with Crippen LogP contribution >= 0.6 is 0 Å². The van der Waals surface area contributed by atoms with Crippen LogP contribution in [-0.2, 0) is 14.8 Å². The van der Waals surface area contributed by atoms with Crippen molar-refractivity contribution in [2.75, 3.05) is 19.6 Å². The molecule has 2 aromatic rings. The highest BCUT2D eigenvalue weighted by molar-refractivity contribution is 7.89. The molecule has 1 atom stereocenters. The molecular formula is C22H22N2O6S. The van der Waals surface area contributed by atoms with Gasteiger partial charge in [0.2, 0.25) is 10.0 Å². The van der Waals surface area contributed by atoms with E-state index in [1.807, 2.05) is 0 Å². The number of fused-ring (bicyclic) bond motifs is 1. The van der Waals surface area contributed by atoms with Crippen molar-refractivity contribution in [2.45, 2.75) is 30.8 Å². The fourth-order valence-electron chi connectivity index (χ4n) is 3.74. The summed E-state index contributed by atoms with van der Waals surface area (Å²) in [7, 11) is -3.69. The molecule has 0 aromatic heterocycles. The van der Waals surface area contributed by atoms with Crippen molar-refractivity contribution in [3.8, 4) is 5.75 Å². The molecule has 0 spiro atoms. The Morgan fingerprint density at radius 3 is 2.52 bits per heavy atom. The minimum Gasteiger partial charge on any atom is -0.480 e. The average Bonchev–Trinajstić information content (AvgIpc) is 3.30. The third-order valence-electron chi connectivity index (χ3n) is 5.44. The molecule has 2 aliphatic heterocycles. The molecule has 1 fully saturated rings. The standard InChI is InChI=1S/C22H22N2O6S/c1-15-21(26)24(22(27)18-9-2-3-10-20(18)30-15)14-19(25)16-7-6-8-17(13-16)31(28,29)23-11-4-5-12-23/h2-3,6-10,13,15H,4-5,11-12,14H2,1H3. The second-order valence-electron chi connectivity index (χ2n) is 7.55. The topological polar surface area (TPSA) is 101 Å². The van der Waals surface area contributed by atoms with E-state index < -0.39 is 40.3 Å². The van der Waals surface area contributed by atoms with E-state index in [0.29, 0.717) is 13.1 Å². The van der Waals surface area contributed by atoms with Gasteiger partial charge in [-0.05, 0) is 44.0 Å². The van der Waals surface area contributed by atoms with Crippen molar-refractivity contribution in [3.05, 3.63) is 59.7 Å². The summed E-state index contributed by atoms with van der Waals surface area (Å²) >= 11 is 0. The van der Waals surface area contributed by atoms with Gasteiger partial charge in [-0.15, -0.1) is 0 Å². The van der Waals surface area contributed by atoms with Crippen LogP contribution in [0.3, 0.4) is 0 Å². The Bertz CT molecular complexity index is 1150. The van der Waals surface area contributed by atoms with Gasteiger partial charge in [-0.1, -0.05) is 24.3 Å². The molecule has 0 bridgehead atoms. The summed E-state index contributed by atoms with van der Waals surface area (Å²) < 4.78 is 32.6. The monoisotopic (exact) mass is 442 g/mol. The van der Waals surface area contributed by atoms with Gasteiger partial charge in [-0.25, -0.2) is 8.42 Å². The molecular weight excluding hydrogens is 420 g/mol. The van der Waals surface area contributed by atoms with Gasteiger partial charge in [0.1, 0.15) is 5.75 Å². The first-order valence-corrected chi connectivity index (χ1v) is 11.5. The van der Waals surface area contributed by atoms with E-state index in [1.54, 1.807) is 18.2 Å². The van der Waals surface area contributed by atoms with Crippen molar-refractivity contribution in [2.24, 2.45) is 0 Å². The number of para-hydroxylation sites is 1. The Kier molecular flexibility index (Phi) is 5.63. The molecule has 0 saturated carbocycles. The van der Waals surface area contributed by atoms with E-state index in [2.05, 4.69) is 0 Å². The number of nitrogens with zero attached hydrogens (tertiary/aromatic N) is 2. The molecule has 0 aliphatic carbocycles. The second-order valence-corrected chi connectivity index (χ2v) is 9.49. The third-order valence-corrected chi connectivity index (χ3v) is 7.34. The maximum Gasteiger partial charge on any atom is 0.270 e. The lowest BCUT2D eigenvalue weighted by Gasteiger charge is -2.20. The highest BCUT2D eigenvalue weighted by Crippen LogP contribution is 2.26. The molecule has 0 radical (unpaired) electrons. The number of carbonyl (C=O) groups is 3. The SMILES string of the molecule is CC1Oc2ccccc2C(=O)N(CC(=O)c2cccc(S(=O)(=O)N3CCCC3)c2)C1=O. The summed E-state index contributed by atoms with van der Waals surface area (Å²) in [6.45, 7) is 1.91. The molecule has 2 heterocycles. The van der Waals surface area contributed by atoms with E-state index in [4.69, 9.17) is 4.74 Å². The largest absolute Gasteiger partial charge is 0.480 e. The number of ketones is 1. The molecule has 162 valence electrons. The molecule has 2 aliphatic rings. The van der Waals surface area contributed by atoms with Crippen molar-refractivity contribution < 1.29 is 27.5 Å². The molecule has 4 rings (SSSR count). The smallest absolute Gasteiger partial charge is 0.270 e. The number of amides is 2. The summed E-state index contributed by atoms with van der Waals surface area (Å²) in [5.41, 5.74) is 0.310. The van der Waals surface area contributed by atoms with Gasteiger partial charge in [-0.3, -0.25) is 19.3 Å². The normalized spacial score (nSPS) is 19.6. The number of hydrogen-bond donors (Lipinski definition) is 0. The third kappa shape index (κ3) is 3.98. The van der Waals surface area contributed by atoms with Crippen molar-refractivity contribution in [3.63, 3.8) is 0 Å². The molecule has 2 aromatic carbocycles. The molecule has 31 heavy (non-hydrogen) atoms. The van der Waals surface area contributed by atoms with Crippen LogP contribution in [0.15, 0.2) is 53.4 Å². The zero-order valence-corrected chi connectivity index (χ0v) is 17.8. The Labute approximate surface area is 180 Å². The van der Waals surface area contributed by atoms with E-state index >= 15 is 0 Å². The average molecular weight is 442 g/mol. The predicted molar refractivity (Wildman–Crippen MR) is 111 cm³/mol. The fourth-order valence-corrected chi connectivity index (χ4v) is 5.31. The van der Waals surface area contributed by atoms with Crippen LogP contribution in [-0.4, -0.2) is 61.0 Å². The minimum atomic E-state index is -3.69. The summed E-state index contributed by atoms with van der Waals surface area (Å²) in [6.07, 6.45) is 0.666. The molecule has 0 N–H and O–H groups in total. The zero-order valence-electron chi connectivity index (χ0n) is 17.0.